The van der Waals surface area contributed by atoms with Gasteiger partial charge in [-0.2, -0.15) is 0 Å². The van der Waals surface area contributed by atoms with Crippen molar-refractivity contribution in [2.75, 3.05) is 0 Å². The Bertz CT molecular complexity index is 665. The number of benzene rings is 1. The Hall–Kier alpha value is -1.29. The molecule has 0 saturated carbocycles. The molecule has 1 aromatic heterocycles. The van der Waals surface area contributed by atoms with Gasteiger partial charge in [0.2, 0.25) is 0 Å². The van der Waals surface area contributed by atoms with E-state index in [9.17, 15) is 4.79 Å². The van der Waals surface area contributed by atoms with Crippen LogP contribution >= 0.6 is 23.2 Å². The summed E-state index contributed by atoms with van der Waals surface area (Å²) in [6.45, 7) is 2.08. The molecule has 0 radical (unpaired) electrons. The van der Waals surface area contributed by atoms with Crippen molar-refractivity contribution in [1.29, 1.82) is 0 Å². The second-order valence-electron chi connectivity index (χ2n) is 4.08. The molecule has 0 unspecified atom stereocenters. The monoisotopic (exact) mass is 297 g/mol. The highest BCUT2D eigenvalue weighted by molar-refractivity contribution is 6.35. The number of halogens is 2. The van der Waals surface area contributed by atoms with Crippen molar-refractivity contribution in [2.45, 2.75) is 20.1 Å². The molecular weight excluding hydrogens is 285 g/mol. The van der Waals surface area contributed by atoms with Crippen LogP contribution in [0.15, 0.2) is 35.1 Å². The molecule has 0 aliphatic carbocycles. The Kier molecular flexibility index (Phi) is 4.30. The van der Waals surface area contributed by atoms with Crippen LogP contribution in [-0.2, 0) is 13.2 Å². The molecule has 5 heteroatoms. The number of aliphatic hydroxyl groups is 1. The van der Waals surface area contributed by atoms with E-state index in [0.717, 1.165) is 0 Å². The molecule has 2 rings (SSSR count). The van der Waals surface area contributed by atoms with E-state index in [1.807, 2.05) is 6.92 Å². The third kappa shape index (κ3) is 2.68. The van der Waals surface area contributed by atoms with E-state index in [1.165, 1.54) is 0 Å². The van der Waals surface area contributed by atoms with Crippen molar-refractivity contribution in [2.24, 2.45) is 0 Å². The first-order valence-corrected chi connectivity index (χ1v) is 6.63. The first-order valence-electron chi connectivity index (χ1n) is 5.87. The van der Waals surface area contributed by atoms with E-state index >= 15 is 0 Å². The molecule has 0 aliphatic rings. The number of hydrogen-bond donors (Lipinski definition) is 1. The second-order valence-corrected chi connectivity index (χ2v) is 4.92. The Labute approximate surface area is 121 Å². The summed E-state index contributed by atoms with van der Waals surface area (Å²) in [5, 5.41) is 10.2. The van der Waals surface area contributed by atoms with Crippen molar-refractivity contribution < 1.29 is 5.11 Å². The van der Waals surface area contributed by atoms with Gasteiger partial charge in [0.1, 0.15) is 0 Å². The number of aromatic nitrogens is 1. The minimum Gasteiger partial charge on any atom is -0.391 e. The molecule has 100 valence electrons. The lowest BCUT2D eigenvalue weighted by Crippen LogP contribution is -2.24. The van der Waals surface area contributed by atoms with Gasteiger partial charge in [-0.3, -0.25) is 4.79 Å². The van der Waals surface area contributed by atoms with Crippen LogP contribution in [0.4, 0.5) is 0 Å². The predicted octanol–water partition coefficient (Wildman–Crippen LogP) is 3.33. The lowest BCUT2D eigenvalue weighted by atomic mass is 10.1. The van der Waals surface area contributed by atoms with Crippen LogP contribution in [0.5, 0.6) is 0 Å². The van der Waals surface area contributed by atoms with Crippen molar-refractivity contribution in [1.82, 2.24) is 4.57 Å². The molecular formula is C14H13Cl2NO2. The Balaban J connectivity index is 2.72. The molecule has 1 N–H and O–H groups in total. The fourth-order valence-electron chi connectivity index (χ4n) is 1.99. The van der Waals surface area contributed by atoms with Gasteiger partial charge in [0.15, 0.2) is 0 Å². The average molecular weight is 298 g/mol. The van der Waals surface area contributed by atoms with E-state index in [0.29, 0.717) is 33.4 Å². The molecule has 0 saturated heterocycles. The van der Waals surface area contributed by atoms with Crippen LogP contribution in [0.25, 0.3) is 11.3 Å². The predicted molar refractivity (Wildman–Crippen MR) is 77.8 cm³/mol. The molecule has 0 atom stereocenters. The van der Waals surface area contributed by atoms with Crippen LogP contribution in [0, 0.1) is 0 Å². The molecule has 0 bridgehead atoms. The van der Waals surface area contributed by atoms with Gasteiger partial charge in [-0.15, -0.1) is 0 Å². The van der Waals surface area contributed by atoms with E-state index in [2.05, 4.69) is 0 Å². The molecule has 0 spiro atoms. The third-order valence-electron chi connectivity index (χ3n) is 2.94. The standard InChI is InChI=1S/C14H13Cl2NO2/c1-2-17-13(6-3-9(8-18)14(17)19)11-7-10(15)4-5-12(11)16/h3-7,18H,2,8H2,1H3. The highest BCUT2D eigenvalue weighted by Crippen LogP contribution is 2.30. The molecule has 1 heterocycles. The quantitative estimate of drug-likeness (QED) is 0.944. The smallest absolute Gasteiger partial charge is 0.256 e. The molecule has 3 nitrogen and oxygen atoms in total. The number of pyridine rings is 1. The summed E-state index contributed by atoms with van der Waals surface area (Å²) >= 11 is 12.1. The minimum absolute atomic E-state index is 0.210. The maximum Gasteiger partial charge on any atom is 0.256 e. The zero-order chi connectivity index (χ0) is 14.0. The van der Waals surface area contributed by atoms with Crippen LogP contribution in [0.2, 0.25) is 10.0 Å². The maximum atomic E-state index is 12.1. The van der Waals surface area contributed by atoms with Gasteiger partial charge in [-0.05, 0) is 37.3 Å². The van der Waals surface area contributed by atoms with Crippen molar-refractivity contribution >= 4 is 23.2 Å². The summed E-state index contributed by atoms with van der Waals surface area (Å²) in [6.07, 6.45) is 0. The van der Waals surface area contributed by atoms with E-state index < -0.39 is 0 Å². The van der Waals surface area contributed by atoms with Gasteiger partial charge in [-0.25, -0.2) is 0 Å². The summed E-state index contributed by atoms with van der Waals surface area (Å²) in [5.41, 5.74) is 1.55. The van der Waals surface area contributed by atoms with E-state index in [4.69, 9.17) is 28.3 Å². The highest BCUT2D eigenvalue weighted by atomic mass is 35.5. The molecule has 0 amide bonds. The number of hydrogen-bond acceptors (Lipinski definition) is 2. The van der Waals surface area contributed by atoms with Crippen molar-refractivity contribution in [3.8, 4) is 11.3 Å². The van der Waals surface area contributed by atoms with E-state index in [1.54, 1.807) is 34.9 Å². The zero-order valence-electron chi connectivity index (χ0n) is 10.4. The van der Waals surface area contributed by atoms with E-state index in [-0.39, 0.29) is 12.2 Å². The summed E-state index contributed by atoms with van der Waals surface area (Å²) in [7, 11) is 0. The van der Waals surface area contributed by atoms with Crippen LogP contribution < -0.4 is 5.56 Å². The van der Waals surface area contributed by atoms with Gasteiger partial charge in [0.25, 0.3) is 5.56 Å². The largest absolute Gasteiger partial charge is 0.391 e. The summed E-state index contributed by atoms with van der Waals surface area (Å²) in [5.74, 6) is 0. The fourth-order valence-corrected chi connectivity index (χ4v) is 2.37. The maximum absolute atomic E-state index is 12.1. The summed E-state index contributed by atoms with van der Waals surface area (Å²) in [6, 6.07) is 8.51. The van der Waals surface area contributed by atoms with Crippen LogP contribution in [-0.4, -0.2) is 9.67 Å². The Morgan fingerprint density at radius 1 is 1.21 bits per heavy atom. The summed E-state index contributed by atoms with van der Waals surface area (Å²) in [4.78, 5) is 12.1. The first-order chi connectivity index (χ1) is 9.08. The molecule has 0 fully saturated rings. The van der Waals surface area contributed by atoms with Gasteiger partial charge in [0.05, 0.1) is 12.3 Å². The minimum atomic E-state index is -0.275. The normalized spacial score (nSPS) is 10.7. The lowest BCUT2D eigenvalue weighted by molar-refractivity contribution is 0.279. The second kappa shape index (κ2) is 5.78. The molecule has 2 aromatic rings. The number of aliphatic hydroxyl groups excluding tert-OH is 1. The number of nitrogens with zero attached hydrogens (tertiary/aromatic N) is 1. The van der Waals surface area contributed by atoms with Gasteiger partial charge < -0.3 is 9.67 Å². The third-order valence-corrected chi connectivity index (χ3v) is 3.51. The molecule has 19 heavy (non-hydrogen) atoms. The van der Waals surface area contributed by atoms with Crippen molar-refractivity contribution in [3.05, 3.63) is 56.3 Å². The molecule has 1 aromatic carbocycles. The van der Waals surface area contributed by atoms with Crippen molar-refractivity contribution in [3.63, 3.8) is 0 Å². The fraction of sp³-hybridized carbons (Fsp3) is 0.214. The van der Waals surface area contributed by atoms with Gasteiger partial charge in [-0.1, -0.05) is 23.2 Å². The Morgan fingerprint density at radius 2 is 1.95 bits per heavy atom. The summed E-state index contributed by atoms with van der Waals surface area (Å²) < 4.78 is 1.57. The SMILES string of the molecule is CCn1c(-c2cc(Cl)ccc2Cl)ccc(CO)c1=O. The Morgan fingerprint density at radius 3 is 2.58 bits per heavy atom. The lowest BCUT2D eigenvalue weighted by Gasteiger charge is -2.14. The molecule has 0 aliphatic heterocycles. The zero-order valence-corrected chi connectivity index (χ0v) is 11.9. The van der Waals surface area contributed by atoms with Crippen LogP contribution in [0.1, 0.15) is 12.5 Å². The van der Waals surface area contributed by atoms with Crippen LogP contribution in [0.3, 0.4) is 0 Å². The van der Waals surface area contributed by atoms with Gasteiger partial charge in [0, 0.05) is 27.7 Å². The van der Waals surface area contributed by atoms with Gasteiger partial charge >= 0.3 is 0 Å². The number of rotatable bonds is 3. The highest BCUT2D eigenvalue weighted by Gasteiger charge is 2.12. The first kappa shape index (κ1) is 14.1. The topological polar surface area (TPSA) is 42.2 Å². The average Bonchev–Trinajstić information content (AvgIpc) is 2.41.